The van der Waals surface area contributed by atoms with Gasteiger partial charge in [-0.05, 0) is 0 Å². The van der Waals surface area contributed by atoms with E-state index in [1.54, 1.807) is 0 Å². The minimum atomic E-state index is 1.26. The van der Waals surface area contributed by atoms with Gasteiger partial charge in [-0.15, -0.1) is 0 Å². The molecule has 49 valence electrons. The van der Waals surface area contributed by atoms with Crippen LogP contribution in [0.2, 0.25) is 0 Å². The number of hydrogen-bond acceptors (Lipinski definition) is 0. The summed E-state index contributed by atoms with van der Waals surface area (Å²) >= 11 is 2.20. The van der Waals surface area contributed by atoms with E-state index in [-0.39, 0.29) is 0 Å². The molecule has 0 aromatic heterocycles. The number of hydrogen-bond donors (Lipinski definition) is 0. The van der Waals surface area contributed by atoms with Crippen molar-refractivity contribution in [2.75, 3.05) is 0 Å². The van der Waals surface area contributed by atoms with Gasteiger partial charge in [0.15, 0.2) is 0 Å². The van der Waals surface area contributed by atoms with Crippen LogP contribution in [0, 0.1) is 0 Å². The van der Waals surface area contributed by atoms with E-state index < -0.39 is 0 Å². The Kier molecular flexibility index (Phi) is 2.73. The first-order valence-electron chi connectivity index (χ1n) is 2.72. The van der Waals surface area contributed by atoms with Gasteiger partial charge in [-0.1, -0.05) is 0 Å². The topological polar surface area (TPSA) is 0 Å². The summed E-state index contributed by atoms with van der Waals surface area (Å²) in [5.74, 6) is 0. The van der Waals surface area contributed by atoms with Crippen molar-refractivity contribution in [1.29, 1.82) is 0 Å². The molecule has 0 bridgehead atoms. The van der Waals surface area contributed by atoms with E-state index in [0.717, 1.165) is 0 Å². The second-order valence-corrected chi connectivity index (χ2v) is 2.44. The van der Waals surface area contributed by atoms with E-state index in [9.17, 15) is 0 Å². The molecule has 0 aliphatic heterocycles. The second-order valence-electron chi connectivity index (χ2n) is 1.68. The summed E-state index contributed by atoms with van der Waals surface area (Å²) in [5.41, 5.74) is 1.26. The predicted molar refractivity (Wildman–Crippen MR) is 35.5 cm³/mol. The van der Waals surface area contributed by atoms with Crippen molar-refractivity contribution in [3.63, 3.8) is 0 Å². The molecule has 0 saturated carbocycles. The molecule has 0 nitrogen and oxygen atoms in total. The average molecular weight is 298 g/mol. The molecule has 0 amide bonds. The fourth-order valence-electron chi connectivity index (χ4n) is 0.625. The Labute approximate surface area is 66.5 Å². The van der Waals surface area contributed by atoms with Crippen LogP contribution < -0.4 is 0 Å². The Morgan fingerprint density at radius 1 is 1.11 bits per heavy atom. The van der Waals surface area contributed by atoms with Gasteiger partial charge in [0.1, 0.15) is 0 Å². The van der Waals surface area contributed by atoms with E-state index in [0.29, 0.717) is 0 Å². The first kappa shape index (κ1) is 6.76. The van der Waals surface area contributed by atoms with Crippen molar-refractivity contribution in [2.45, 2.75) is 0 Å². The first-order valence-corrected chi connectivity index (χ1v) is 4.03. The van der Waals surface area contributed by atoms with E-state index in [1.807, 2.05) is 22.7 Å². The summed E-state index contributed by atoms with van der Waals surface area (Å²) in [4.78, 5) is 0. The van der Waals surface area contributed by atoms with Gasteiger partial charge in [-0.2, -0.15) is 0 Å². The number of benzene rings is 1. The molecule has 0 atom stereocenters. The van der Waals surface area contributed by atoms with Gasteiger partial charge in [0.2, 0.25) is 0 Å². The fraction of sp³-hybridized carbons (Fsp3) is 0. The van der Waals surface area contributed by atoms with Crippen LogP contribution in [0.5, 0.6) is 0 Å². The molecule has 0 spiro atoms. The summed E-state index contributed by atoms with van der Waals surface area (Å²) in [6.07, 6.45) is 2.07. The average Bonchev–Trinajstić information content (AvgIpc) is 1.91. The molecule has 1 heteroatoms. The second kappa shape index (κ2) is 3.63. The van der Waals surface area contributed by atoms with Gasteiger partial charge in [-0.25, -0.2) is 0 Å². The van der Waals surface area contributed by atoms with Crippen LogP contribution in [0.25, 0.3) is 6.08 Å². The van der Waals surface area contributed by atoms with Crippen LogP contribution >= 0.6 is 0 Å². The molecule has 0 aliphatic carbocycles. The molecular weight excluding hydrogens is 291 g/mol. The monoisotopic (exact) mass is 298 g/mol. The first-order chi connectivity index (χ1) is 4.43. The summed E-state index contributed by atoms with van der Waals surface area (Å²) in [5, 5.41) is 0. The van der Waals surface area contributed by atoms with E-state index in [4.69, 9.17) is 0 Å². The zero-order valence-corrected chi connectivity index (χ0v) is 7.13. The Balaban J connectivity index is 2.85. The van der Waals surface area contributed by atoms with Crippen LogP contribution in [0.1, 0.15) is 5.56 Å². The molecule has 0 fully saturated rings. The van der Waals surface area contributed by atoms with Crippen molar-refractivity contribution in [3.8, 4) is 0 Å². The molecule has 1 rings (SSSR count). The third-order valence-corrected chi connectivity index (χ3v) is 1.42. The van der Waals surface area contributed by atoms with Crippen LogP contribution in [-0.2, 0) is 19.8 Å². The summed E-state index contributed by atoms with van der Waals surface area (Å²) in [7, 11) is 0. The SMILES string of the molecule is [Pt][CH]=Cc1ccccc1. The molecule has 1 aromatic rings. The van der Waals surface area contributed by atoms with Gasteiger partial charge in [0, 0.05) is 0 Å². The molecule has 1 aromatic carbocycles. The Morgan fingerprint density at radius 2 is 1.78 bits per heavy atom. The normalized spacial score (nSPS) is 10.4. The molecule has 0 heterocycles. The molecule has 0 unspecified atom stereocenters. The predicted octanol–water partition coefficient (Wildman–Crippen LogP) is 2.20. The zero-order valence-electron chi connectivity index (χ0n) is 4.86. The quantitative estimate of drug-likeness (QED) is 0.746. The van der Waals surface area contributed by atoms with Crippen LogP contribution in [0.15, 0.2) is 34.8 Å². The van der Waals surface area contributed by atoms with Crippen LogP contribution in [0.4, 0.5) is 0 Å². The molecule has 9 heavy (non-hydrogen) atoms. The summed E-state index contributed by atoms with van der Waals surface area (Å²) in [6, 6.07) is 10.2. The Hall–Kier alpha value is -0.352. The van der Waals surface area contributed by atoms with Gasteiger partial charge < -0.3 is 0 Å². The molecule has 0 aliphatic rings. The Bertz CT molecular complexity index is 189. The Morgan fingerprint density at radius 3 is 2.33 bits per heavy atom. The van der Waals surface area contributed by atoms with Gasteiger partial charge in [-0.3, -0.25) is 0 Å². The van der Waals surface area contributed by atoms with Crippen molar-refractivity contribution < 1.29 is 19.8 Å². The molecule has 0 saturated heterocycles. The van der Waals surface area contributed by atoms with Crippen LogP contribution in [-0.4, -0.2) is 0 Å². The third kappa shape index (κ3) is 2.15. The zero-order chi connectivity index (χ0) is 6.53. The summed E-state index contributed by atoms with van der Waals surface area (Å²) < 4.78 is 2.01. The molecule has 0 N–H and O–H groups in total. The maximum absolute atomic E-state index is 2.20. The van der Waals surface area contributed by atoms with E-state index in [1.165, 1.54) is 5.56 Å². The van der Waals surface area contributed by atoms with E-state index >= 15 is 0 Å². The van der Waals surface area contributed by atoms with Crippen molar-refractivity contribution in [1.82, 2.24) is 0 Å². The molecular formula is C8H7Pt. The maximum atomic E-state index is 2.20. The minimum absolute atomic E-state index is 1.26. The van der Waals surface area contributed by atoms with Crippen molar-refractivity contribution in [2.24, 2.45) is 0 Å². The van der Waals surface area contributed by atoms with E-state index in [2.05, 4.69) is 38.0 Å². The van der Waals surface area contributed by atoms with Gasteiger partial charge in [0.25, 0.3) is 0 Å². The number of rotatable bonds is 1. The van der Waals surface area contributed by atoms with Crippen LogP contribution in [0.3, 0.4) is 0 Å². The third-order valence-electron chi connectivity index (χ3n) is 1.04. The fourth-order valence-corrected chi connectivity index (χ4v) is 1.06. The van der Waals surface area contributed by atoms with Gasteiger partial charge in [0.05, 0.1) is 0 Å². The summed E-state index contributed by atoms with van der Waals surface area (Å²) in [6.45, 7) is 0. The van der Waals surface area contributed by atoms with Gasteiger partial charge >= 0.3 is 66.3 Å². The van der Waals surface area contributed by atoms with Crippen molar-refractivity contribution in [3.05, 3.63) is 40.4 Å². The standard InChI is InChI=1S/C8H7.Pt/c1-2-8-6-4-3-5-7-8;/h1-7H;. The molecule has 0 radical (unpaired) electrons. The van der Waals surface area contributed by atoms with Crippen molar-refractivity contribution >= 4 is 6.08 Å².